The van der Waals surface area contributed by atoms with Gasteiger partial charge in [-0.3, -0.25) is 25.0 Å². The number of non-ortho nitro benzene ring substituents is 1. The van der Waals surface area contributed by atoms with E-state index in [1.54, 1.807) is 0 Å². The lowest BCUT2D eigenvalue weighted by Crippen LogP contribution is -2.26. The van der Waals surface area contributed by atoms with Crippen LogP contribution in [0.2, 0.25) is 0 Å². The molecule has 24 heavy (non-hydrogen) atoms. The van der Waals surface area contributed by atoms with Crippen molar-refractivity contribution in [1.82, 2.24) is 4.98 Å². The van der Waals surface area contributed by atoms with Crippen LogP contribution in [0.3, 0.4) is 0 Å². The lowest BCUT2D eigenvalue weighted by molar-refractivity contribution is -0.384. The maximum atomic E-state index is 12.2. The summed E-state index contributed by atoms with van der Waals surface area (Å²) in [6.07, 6.45) is 1.16. The van der Waals surface area contributed by atoms with Gasteiger partial charge in [0.15, 0.2) is 10.9 Å². The summed E-state index contributed by atoms with van der Waals surface area (Å²) in [5.41, 5.74) is 0.808. The van der Waals surface area contributed by atoms with Gasteiger partial charge >= 0.3 is 0 Å². The molecule has 0 fully saturated rings. The number of amides is 1. The van der Waals surface area contributed by atoms with E-state index in [2.05, 4.69) is 10.3 Å². The van der Waals surface area contributed by atoms with Crippen molar-refractivity contribution in [1.29, 1.82) is 0 Å². The predicted molar refractivity (Wildman–Crippen MR) is 89.6 cm³/mol. The maximum Gasteiger partial charge on any atom is 0.269 e. The van der Waals surface area contributed by atoms with Crippen LogP contribution in [-0.4, -0.2) is 21.6 Å². The Morgan fingerprint density at radius 3 is 2.58 bits per heavy atom. The highest BCUT2D eigenvalue weighted by atomic mass is 32.1. The Morgan fingerprint density at radius 2 is 1.96 bits per heavy atom. The SMILES string of the molecule is CC1(C)CC(=O)c2sc(NC(=O)c3ccc([N+](=O)[O-])cc3)nc2C1. The molecule has 0 saturated carbocycles. The Kier molecular flexibility index (Phi) is 3.92. The molecule has 0 saturated heterocycles. The monoisotopic (exact) mass is 345 g/mol. The molecule has 2 aromatic rings. The summed E-state index contributed by atoms with van der Waals surface area (Å²) in [5, 5.41) is 13.7. The van der Waals surface area contributed by atoms with Gasteiger partial charge in [-0.15, -0.1) is 0 Å². The first-order valence-electron chi connectivity index (χ1n) is 7.34. The summed E-state index contributed by atoms with van der Waals surface area (Å²) in [4.78, 5) is 39.5. The zero-order chi connectivity index (χ0) is 17.5. The lowest BCUT2D eigenvalue weighted by Gasteiger charge is -2.26. The van der Waals surface area contributed by atoms with Crippen molar-refractivity contribution in [3.63, 3.8) is 0 Å². The summed E-state index contributed by atoms with van der Waals surface area (Å²) >= 11 is 1.17. The number of hydrogen-bond donors (Lipinski definition) is 1. The molecule has 0 bridgehead atoms. The summed E-state index contributed by atoms with van der Waals surface area (Å²) < 4.78 is 0. The number of benzene rings is 1. The number of fused-ring (bicyclic) bond motifs is 1. The van der Waals surface area contributed by atoms with Gasteiger partial charge in [-0.2, -0.15) is 0 Å². The highest BCUT2D eigenvalue weighted by Gasteiger charge is 2.34. The van der Waals surface area contributed by atoms with Crippen LogP contribution in [0.5, 0.6) is 0 Å². The van der Waals surface area contributed by atoms with E-state index < -0.39 is 10.8 Å². The second-order valence-corrected chi connectivity index (χ2v) is 7.49. The minimum absolute atomic E-state index is 0.0505. The fourth-order valence-corrected chi connectivity index (χ4v) is 3.59. The number of Topliss-reactive ketones (excluding diaryl/α,β-unsaturated/α-hetero) is 1. The van der Waals surface area contributed by atoms with E-state index in [0.717, 1.165) is 5.69 Å². The van der Waals surface area contributed by atoms with E-state index in [0.29, 0.717) is 28.4 Å². The number of nitro groups is 1. The second kappa shape index (κ2) is 5.79. The predicted octanol–water partition coefficient (Wildman–Crippen LogP) is 3.46. The second-order valence-electron chi connectivity index (χ2n) is 6.49. The first-order chi connectivity index (χ1) is 11.2. The molecule has 1 aliphatic carbocycles. The zero-order valence-electron chi connectivity index (χ0n) is 13.2. The maximum absolute atomic E-state index is 12.2. The third-order valence-corrected chi connectivity index (χ3v) is 4.85. The number of carbonyl (C=O) groups excluding carboxylic acids is 2. The molecule has 124 valence electrons. The molecule has 1 amide bonds. The normalized spacial score (nSPS) is 15.7. The van der Waals surface area contributed by atoms with E-state index >= 15 is 0 Å². The highest BCUT2D eigenvalue weighted by Crippen LogP contribution is 2.38. The fourth-order valence-electron chi connectivity index (χ4n) is 2.68. The van der Waals surface area contributed by atoms with Crippen LogP contribution in [0.15, 0.2) is 24.3 Å². The van der Waals surface area contributed by atoms with Crippen molar-refractivity contribution < 1.29 is 14.5 Å². The topological polar surface area (TPSA) is 102 Å². The Bertz CT molecular complexity index is 840. The summed E-state index contributed by atoms with van der Waals surface area (Å²) in [6, 6.07) is 5.31. The first-order valence-corrected chi connectivity index (χ1v) is 8.15. The molecule has 0 atom stereocenters. The third kappa shape index (κ3) is 3.18. The molecular formula is C16H15N3O4S. The van der Waals surface area contributed by atoms with E-state index in [-0.39, 0.29) is 16.9 Å². The van der Waals surface area contributed by atoms with Gasteiger partial charge in [-0.1, -0.05) is 25.2 Å². The molecule has 0 aliphatic heterocycles. The number of nitro benzene ring substituents is 1. The molecule has 1 aromatic heterocycles. The summed E-state index contributed by atoms with van der Waals surface area (Å²) in [7, 11) is 0. The molecular weight excluding hydrogens is 330 g/mol. The van der Waals surface area contributed by atoms with Gasteiger partial charge in [0.2, 0.25) is 0 Å². The number of carbonyl (C=O) groups is 2. The number of rotatable bonds is 3. The van der Waals surface area contributed by atoms with Gasteiger partial charge < -0.3 is 0 Å². The third-order valence-electron chi connectivity index (χ3n) is 3.80. The van der Waals surface area contributed by atoms with Crippen molar-refractivity contribution in [2.24, 2.45) is 5.41 Å². The molecule has 0 radical (unpaired) electrons. The number of ketones is 1. The Hall–Kier alpha value is -2.61. The average Bonchev–Trinajstić information content (AvgIpc) is 2.88. The first kappa shape index (κ1) is 16.3. The molecule has 3 rings (SSSR count). The quantitative estimate of drug-likeness (QED) is 0.678. The number of nitrogens with one attached hydrogen (secondary N) is 1. The van der Waals surface area contributed by atoms with Crippen molar-refractivity contribution >= 4 is 33.8 Å². The van der Waals surface area contributed by atoms with Crippen molar-refractivity contribution in [2.45, 2.75) is 26.7 Å². The van der Waals surface area contributed by atoms with Crippen LogP contribution in [0.4, 0.5) is 10.8 Å². The van der Waals surface area contributed by atoms with Crippen molar-refractivity contribution in [3.05, 3.63) is 50.5 Å². The highest BCUT2D eigenvalue weighted by molar-refractivity contribution is 7.17. The van der Waals surface area contributed by atoms with Crippen LogP contribution < -0.4 is 5.32 Å². The number of anilines is 1. The molecule has 1 heterocycles. The van der Waals surface area contributed by atoms with E-state index in [1.165, 1.54) is 35.6 Å². The van der Waals surface area contributed by atoms with Gasteiger partial charge in [-0.05, 0) is 24.0 Å². The van der Waals surface area contributed by atoms with E-state index in [1.807, 2.05) is 13.8 Å². The minimum Gasteiger partial charge on any atom is -0.298 e. The molecule has 0 spiro atoms. The van der Waals surface area contributed by atoms with Crippen molar-refractivity contribution in [3.8, 4) is 0 Å². The average molecular weight is 345 g/mol. The number of hydrogen-bond acceptors (Lipinski definition) is 6. The lowest BCUT2D eigenvalue weighted by atomic mass is 9.78. The molecule has 1 aliphatic rings. The van der Waals surface area contributed by atoms with Crippen LogP contribution in [0.1, 0.15) is 46.0 Å². The van der Waals surface area contributed by atoms with Crippen LogP contribution in [0.25, 0.3) is 0 Å². The van der Waals surface area contributed by atoms with Gasteiger partial charge in [0.25, 0.3) is 11.6 Å². The Balaban J connectivity index is 1.78. The fraction of sp³-hybridized carbons (Fsp3) is 0.312. The van der Waals surface area contributed by atoms with Gasteiger partial charge in [0.1, 0.15) is 0 Å². The van der Waals surface area contributed by atoms with Gasteiger partial charge in [0.05, 0.1) is 15.5 Å². The Labute approximate surface area is 141 Å². The molecule has 1 aromatic carbocycles. The smallest absolute Gasteiger partial charge is 0.269 e. The molecule has 7 nitrogen and oxygen atoms in total. The summed E-state index contributed by atoms with van der Waals surface area (Å²) in [6.45, 7) is 4.03. The van der Waals surface area contributed by atoms with Crippen LogP contribution in [0, 0.1) is 15.5 Å². The number of aromatic nitrogens is 1. The zero-order valence-corrected chi connectivity index (χ0v) is 14.0. The number of thiazole rings is 1. The van der Waals surface area contributed by atoms with E-state index in [4.69, 9.17) is 0 Å². The summed E-state index contributed by atoms with van der Waals surface area (Å²) in [5.74, 6) is -0.364. The standard InChI is InChI=1S/C16H15N3O4S/c1-16(2)7-11-13(12(20)8-16)24-15(17-11)18-14(21)9-3-5-10(6-4-9)19(22)23/h3-6H,7-8H2,1-2H3,(H,17,18,21). The van der Waals surface area contributed by atoms with Crippen molar-refractivity contribution in [2.75, 3.05) is 5.32 Å². The van der Waals surface area contributed by atoms with Gasteiger partial charge in [0, 0.05) is 24.1 Å². The van der Waals surface area contributed by atoms with Crippen LogP contribution in [-0.2, 0) is 6.42 Å². The molecule has 0 unspecified atom stereocenters. The molecule has 1 N–H and O–H groups in total. The molecule has 8 heteroatoms. The van der Waals surface area contributed by atoms with Gasteiger partial charge in [-0.25, -0.2) is 4.98 Å². The Morgan fingerprint density at radius 1 is 1.29 bits per heavy atom. The number of nitrogens with zero attached hydrogens (tertiary/aromatic N) is 2. The largest absolute Gasteiger partial charge is 0.298 e. The van der Waals surface area contributed by atoms with E-state index in [9.17, 15) is 19.7 Å². The van der Waals surface area contributed by atoms with Crippen LogP contribution >= 0.6 is 11.3 Å². The minimum atomic E-state index is -0.524.